The summed E-state index contributed by atoms with van der Waals surface area (Å²) in [4.78, 5) is 2.23. The molecule has 3 nitrogen and oxygen atoms in total. The van der Waals surface area contributed by atoms with Gasteiger partial charge >= 0.3 is 0 Å². The van der Waals surface area contributed by atoms with E-state index in [0.29, 0.717) is 0 Å². The molecule has 1 rings (SSSR count). The van der Waals surface area contributed by atoms with Gasteiger partial charge in [0.05, 0.1) is 24.3 Å². The molecule has 0 unspecified atom stereocenters. The minimum absolute atomic E-state index is 0.287. The van der Waals surface area contributed by atoms with Gasteiger partial charge in [-0.25, -0.2) is 0 Å². The molecule has 98 valence electrons. The topological polar surface area (TPSA) is 36.3 Å². The number of ether oxygens (including phenoxy) is 1. The first kappa shape index (κ1) is 14.7. The quantitative estimate of drug-likeness (QED) is 0.774. The Morgan fingerprint density at radius 3 is 2.67 bits per heavy atom. The van der Waals surface area contributed by atoms with E-state index in [1.807, 2.05) is 32.0 Å². The molecule has 0 atom stereocenters. The number of aryl methyl sites for hydroxylation is 1. The first-order chi connectivity index (χ1) is 8.52. The van der Waals surface area contributed by atoms with Gasteiger partial charge in [0.2, 0.25) is 0 Å². The van der Waals surface area contributed by atoms with E-state index in [1.165, 1.54) is 11.1 Å². The molecule has 0 aliphatic carbocycles. The Bertz CT molecular complexity index is 421. The van der Waals surface area contributed by atoms with Gasteiger partial charge in [0.1, 0.15) is 0 Å². The SMILES string of the molecule is Cc1cc(C#N)ccc1CN(C)CCOC(C)C. The van der Waals surface area contributed by atoms with Crippen LogP contribution in [0.1, 0.15) is 30.5 Å². The van der Waals surface area contributed by atoms with Crippen LogP contribution in [-0.4, -0.2) is 31.2 Å². The van der Waals surface area contributed by atoms with Crippen LogP contribution < -0.4 is 0 Å². The van der Waals surface area contributed by atoms with Gasteiger partial charge in [-0.1, -0.05) is 6.07 Å². The lowest BCUT2D eigenvalue weighted by atomic mass is 10.1. The summed E-state index contributed by atoms with van der Waals surface area (Å²) < 4.78 is 5.53. The molecular formula is C15H22N2O. The molecule has 3 heteroatoms. The monoisotopic (exact) mass is 246 g/mol. The van der Waals surface area contributed by atoms with E-state index in [2.05, 4.69) is 24.9 Å². The van der Waals surface area contributed by atoms with Crippen LogP contribution in [0.3, 0.4) is 0 Å². The molecule has 0 N–H and O–H groups in total. The number of nitrogens with zero attached hydrogens (tertiary/aromatic N) is 2. The number of hydrogen-bond donors (Lipinski definition) is 0. The molecule has 0 aliphatic rings. The third-order valence-corrected chi connectivity index (χ3v) is 2.84. The van der Waals surface area contributed by atoms with Crippen molar-refractivity contribution in [2.24, 2.45) is 0 Å². The van der Waals surface area contributed by atoms with Crippen molar-refractivity contribution < 1.29 is 4.74 Å². The summed E-state index contributed by atoms with van der Waals surface area (Å²) in [6.45, 7) is 8.70. The molecule has 0 amide bonds. The van der Waals surface area contributed by atoms with Crippen LogP contribution in [-0.2, 0) is 11.3 Å². The van der Waals surface area contributed by atoms with Gasteiger partial charge in [-0.3, -0.25) is 4.90 Å². The van der Waals surface area contributed by atoms with E-state index >= 15 is 0 Å². The standard InChI is InChI=1S/C15H22N2O/c1-12(2)18-8-7-17(4)11-15-6-5-14(10-16)9-13(15)3/h5-6,9,12H,7-8,11H2,1-4H3. The fraction of sp³-hybridized carbons (Fsp3) is 0.533. The second-order valence-corrected chi connectivity index (χ2v) is 4.91. The summed E-state index contributed by atoms with van der Waals surface area (Å²) in [6.07, 6.45) is 0.287. The smallest absolute Gasteiger partial charge is 0.0991 e. The molecule has 0 aliphatic heterocycles. The Morgan fingerprint density at radius 2 is 2.11 bits per heavy atom. The number of hydrogen-bond acceptors (Lipinski definition) is 3. The van der Waals surface area contributed by atoms with Crippen LogP contribution in [0.2, 0.25) is 0 Å². The van der Waals surface area contributed by atoms with Gasteiger partial charge in [0.25, 0.3) is 0 Å². The highest BCUT2D eigenvalue weighted by atomic mass is 16.5. The van der Waals surface area contributed by atoms with Gasteiger partial charge in [-0.15, -0.1) is 0 Å². The molecule has 0 bridgehead atoms. The molecule has 1 aromatic carbocycles. The lowest BCUT2D eigenvalue weighted by Crippen LogP contribution is -2.24. The van der Waals surface area contributed by atoms with E-state index in [4.69, 9.17) is 10.00 Å². The van der Waals surface area contributed by atoms with Crippen LogP contribution in [0.5, 0.6) is 0 Å². The Morgan fingerprint density at radius 1 is 1.39 bits per heavy atom. The van der Waals surface area contributed by atoms with E-state index in [1.54, 1.807) is 0 Å². The number of benzene rings is 1. The molecule has 0 fully saturated rings. The molecule has 0 heterocycles. The number of likely N-dealkylation sites (N-methyl/N-ethyl adjacent to an activating group) is 1. The molecule has 18 heavy (non-hydrogen) atoms. The third kappa shape index (κ3) is 4.87. The van der Waals surface area contributed by atoms with Crippen LogP contribution >= 0.6 is 0 Å². The largest absolute Gasteiger partial charge is 0.377 e. The van der Waals surface area contributed by atoms with Crippen molar-refractivity contribution in [2.45, 2.75) is 33.4 Å². The second-order valence-electron chi connectivity index (χ2n) is 4.91. The predicted molar refractivity (Wildman–Crippen MR) is 73.3 cm³/mol. The maximum absolute atomic E-state index is 8.83. The molecule has 0 aromatic heterocycles. The fourth-order valence-corrected chi connectivity index (χ4v) is 1.76. The zero-order valence-electron chi connectivity index (χ0n) is 11.7. The van der Waals surface area contributed by atoms with Gasteiger partial charge in [-0.05, 0) is 51.1 Å². The van der Waals surface area contributed by atoms with Crippen LogP contribution in [0, 0.1) is 18.3 Å². The van der Waals surface area contributed by atoms with Gasteiger partial charge in [-0.2, -0.15) is 5.26 Å². The van der Waals surface area contributed by atoms with Crippen molar-refractivity contribution in [1.29, 1.82) is 5.26 Å². The Hall–Kier alpha value is -1.37. The Labute approximate surface area is 110 Å². The van der Waals surface area contributed by atoms with E-state index in [9.17, 15) is 0 Å². The Kier molecular flexibility index (Phi) is 5.84. The zero-order valence-corrected chi connectivity index (χ0v) is 11.7. The summed E-state index contributed by atoms with van der Waals surface area (Å²) in [5, 5.41) is 8.83. The molecular weight excluding hydrogens is 224 g/mol. The highest BCUT2D eigenvalue weighted by Crippen LogP contribution is 2.12. The molecule has 0 saturated heterocycles. The van der Waals surface area contributed by atoms with Gasteiger partial charge < -0.3 is 4.74 Å². The number of nitriles is 1. The first-order valence-electron chi connectivity index (χ1n) is 6.32. The highest BCUT2D eigenvalue weighted by Gasteiger charge is 2.04. The van der Waals surface area contributed by atoms with Gasteiger partial charge in [0.15, 0.2) is 0 Å². The minimum Gasteiger partial charge on any atom is -0.377 e. The first-order valence-corrected chi connectivity index (χ1v) is 6.32. The van der Waals surface area contributed by atoms with Crippen molar-refractivity contribution in [1.82, 2.24) is 4.90 Å². The van der Waals surface area contributed by atoms with Crippen LogP contribution in [0.4, 0.5) is 0 Å². The average Bonchev–Trinajstić information content (AvgIpc) is 2.31. The third-order valence-electron chi connectivity index (χ3n) is 2.84. The maximum Gasteiger partial charge on any atom is 0.0991 e. The normalized spacial score (nSPS) is 10.9. The lowest BCUT2D eigenvalue weighted by molar-refractivity contribution is 0.0627. The maximum atomic E-state index is 8.83. The lowest BCUT2D eigenvalue weighted by Gasteiger charge is -2.19. The van der Waals surface area contributed by atoms with Crippen LogP contribution in [0.25, 0.3) is 0 Å². The van der Waals surface area contributed by atoms with Crippen LogP contribution in [0.15, 0.2) is 18.2 Å². The summed E-state index contributed by atoms with van der Waals surface area (Å²) >= 11 is 0. The van der Waals surface area contributed by atoms with Crippen molar-refractivity contribution in [3.05, 3.63) is 34.9 Å². The van der Waals surface area contributed by atoms with E-state index in [0.717, 1.165) is 25.3 Å². The highest BCUT2D eigenvalue weighted by molar-refractivity contribution is 5.37. The van der Waals surface area contributed by atoms with Crippen molar-refractivity contribution in [3.8, 4) is 6.07 Å². The van der Waals surface area contributed by atoms with Gasteiger partial charge in [0, 0.05) is 13.1 Å². The second kappa shape index (κ2) is 7.15. The molecule has 1 aromatic rings. The summed E-state index contributed by atoms with van der Waals surface area (Å²) in [6, 6.07) is 8.01. The molecule has 0 saturated carbocycles. The van der Waals surface area contributed by atoms with E-state index in [-0.39, 0.29) is 6.10 Å². The minimum atomic E-state index is 0.287. The van der Waals surface area contributed by atoms with Crippen molar-refractivity contribution in [2.75, 3.05) is 20.2 Å². The van der Waals surface area contributed by atoms with E-state index < -0.39 is 0 Å². The Balaban J connectivity index is 2.49. The average molecular weight is 246 g/mol. The fourth-order valence-electron chi connectivity index (χ4n) is 1.76. The predicted octanol–water partition coefficient (Wildman–Crippen LogP) is 2.72. The summed E-state index contributed by atoms with van der Waals surface area (Å²) in [7, 11) is 2.08. The van der Waals surface area contributed by atoms with Crippen molar-refractivity contribution >= 4 is 0 Å². The zero-order chi connectivity index (χ0) is 13.5. The molecule has 0 spiro atoms. The summed E-state index contributed by atoms with van der Waals surface area (Å²) in [5.74, 6) is 0. The summed E-state index contributed by atoms with van der Waals surface area (Å²) in [5.41, 5.74) is 3.16. The van der Waals surface area contributed by atoms with Crippen molar-refractivity contribution in [3.63, 3.8) is 0 Å². The molecule has 0 radical (unpaired) electrons. The number of rotatable bonds is 6.